The van der Waals surface area contributed by atoms with Crippen LogP contribution >= 0.6 is 43.5 Å². The first kappa shape index (κ1) is 16.9. The molecule has 1 heterocycles. The van der Waals surface area contributed by atoms with Crippen LogP contribution in [0.5, 0.6) is 0 Å². The van der Waals surface area contributed by atoms with Gasteiger partial charge in [0.05, 0.1) is 22.4 Å². The van der Waals surface area contributed by atoms with Gasteiger partial charge >= 0.3 is 0 Å². The van der Waals surface area contributed by atoms with E-state index in [4.69, 9.17) is 11.6 Å². The van der Waals surface area contributed by atoms with E-state index < -0.39 is 17.7 Å². The first-order valence-electron chi connectivity index (χ1n) is 7.11. The van der Waals surface area contributed by atoms with Crippen molar-refractivity contribution in [3.8, 4) is 0 Å². The lowest BCUT2D eigenvalue weighted by molar-refractivity contribution is -0.142. The van der Waals surface area contributed by atoms with E-state index in [0.29, 0.717) is 12.8 Å². The number of nitrogens with zero attached hydrogens (tertiary/aromatic N) is 1. The summed E-state index contributed by atoms with van der Waals surface area (Å²) in [4.78, 5) is 37.5. The van der Waals surface area contributed by atoms with Gasteiger partial charge < -0.3 is 0 Å². The molecule has 1 aliphatic carbocycles. The fourth-order valence-corrected chi connectivity index (χ4v) is 4.47. The molecule has 4 atom stereocenters. The minimum Gasteiger partial charge on any atom is -0.272 e. The molecule has 1 N–H and O–H groups in total. The Bertz CT molecular complexity index is 656. The standard InChI is InChI=1S/C15H13Br2ClN2O3/c16-10-5-8-9(6-11(10)17)15(23)20(14(8)22)19-13(21)7-3-1-2-4-12(7)18/h1-4,8-11H,5-6H2,(H,19,21)/t8-,9-,10-,11+/m1/s1. The van der Waals surface area contributed by atoms with Crippen LogP contribution in [-0.4, -0.2) is 32.4 Å². The number of hydrazine groups is 1. The molecule has 1 aromatic rings. The number of nitrogens with one attached hydrogen (secondary N) is 1. The van der Waals surface area contributed by atoms with Crippen molar-refractivity contribution in [1.29, 1.82) is 0 Å². The van der Waals surface area contributed by atoms with Crippen LogP contribution in [0.15, 0.2) is 24.3 Å². The number of fused-ring (bicyclic) bond motifs is 1. The van der Waals surface area contributed by atoms with Gasteiger partial charge in [0.15, 0.2) is 0 Å². The van der Waals surface area contributed by atoms with Crippen molar-refractivity contribution in [2.45, 2.75) is 22.5 Å². The quantitative estimate of drug-likeness (QED) is 0.541. The predicted molar refractivity (Wildman–Crippen MR) is 92.4 cm³/mol. The molecule has 2 aliphatic rings. The van der Waals surface area contributed by atoms with Gasteiger partial charge in [0, 0.05) is 9.65 Å². The molecule has 3 amide bonds. The highest BCUT2D eigenvalue weighted by Crippen LogP contribution is 2.42. The number of hydrogen-bond acceptors (Lipinski definition) is 3. The normalized spacial score (nSPS) is 30.3. The van der Waals surface area contributed by atoms with Crippen LogP contribution < -0.4 is 5.43 Å². The maximum atomic E-state index is 12.5. The Balaban J connectivity index is 1.79. The summed E-state index contributed by atoms with van der Waals surface area (Å²) in [5.41, 5.74) is 2.63. The zero-order valence-corrected chi connectivity index (χ0v) is 15.8. The predicted octanol–water partition coefficient (Wildman–Crippen LogP) is 2.91. The van der Waals surface area contributed by atoms with Gasteiger partial charge in [-0.15, -0.1) is 0 Å². The van der Waals surface area contributed by atoms with Gasteiger partial charge in [-0.1, -0.05) is 55.6 Å². The molecular formula is C15H13Br2ClN2O3. The van der Waals surface area contributed by atoms with Crippen molar-refractivity contribution in [2.75, 3.05) is 0 Å². The molecule has 0 unspecified atom stereocenters. The van der Waals surface area contributed by atoms with Gasteiger partial charge in [0.2, 0.25) is 0 Å². The lowest BCUT2D eigenvalue weighted by Gasteiger charge is -2.29. The van der Waals surface area contributed by atoms with Crippen molar-refractivity contribution in [3.63, 3.8) is 0 Å². The van der Waals surface area contributed by atoms with E-state index >= 15 is 0 Å². The van der Waals surface area contributed by atoms with Gasteiger partial charge in [0.1, 0.15) is 0 Å². The van der Waals surface area contributed by atoms with Crippen LogP contribution in [0.25, 0.3) is 0 Å². The van der Waals surface area contributed by atoms with Gasteiger partial charge in [-0.2, -0.15) is 5.01 Å². The summed E-state index contributed by atoms with van der Waals surface area (Å²) in [5, 5.41) is 1.12. The molecular weight excluding hydrogens is 451 g/mol. The molecule has 0 spiro atoms. The average Bonchev–Trinajstić information content (AvgIpc) is 2.73. The highest BCUT2D eigenvalue weighted by molar-refractivity contribution is 9.12. The molecule has 8 heteroatoms. The average molecular weight is 465 g/mol. The van der Waals surface area contributed by atoms with Crippen molar-refractivity contribution < 1.29 is 14.4 Å². The monoisotopic (exact) mass is 462 g/mol. The van der Waals surface area contributed by atoms with Crippen LogP contribution in [0.1, 0.15) is 23.2 Å². The highest BCUT2D eigenvalue weighted by Gasteiger charge is 2.52. The van der Waals surface area contributed by atoms with Crippen LogP contribution in [0.3, 0.4) is 0 Å². The minimum atomic E-state index is -0.568. The summed E-state index contributed by atoms with van der Waals surface area (Å²) in [6.07, 6.45) is 1.12. The summed E-state index contributed by atoms with van der Waals surface area (Å²) < 4.78 is 0. The Kier molecular flexibility index (Phi) is 4.80. The largest absolute Gasteiger partial charge is 0.272 e. The fourth-order valence-electron chi connectivity index (χ4n) is 3.01. The fraction of sp³-hybridized carbons (Fsp3) is 0.400. The number of halogens is 3. The van der Waals surface area contributed by atoms with E-state index in [-0.39, 0.29) is 32.1 Å². The molecule has 0 bridgehead atoms. The van der Waals surface area contributed by atoms with Gasteiger partial charge in [-0.25, -0.2) is 0 Å². The van der Waals surface area contributed by atoms with Crippen molar-refractivity contribution >= 4 is 61.2 Å². The van der Waals surface area contributed by atoms with Crippen LogP contribution in [0.4, 0.5) is 0 Å². The van der Waals surface area contributed by atoms with E-state index in [1.165, 1.54) is 0 Å². The summed E-state index contributed by atoms with van der Waals surface area (Å²) in [6.45, 7) is 0. The molecule has 5 nitrogen and oxygen atoms in total. The second-order valence-corrected chi connectivity index (χ2v) is 8.41. The maximum absolute atomic E-state index is 12.5. The van der Waals surface area contributed by atoms with E-state index in [1.807, 2.05) is 0 Å². The molecule has 23 heavy (non-hydrogen) atoms. The Morgan fingerprint density at radius 1 is 1.09 bits per heavy atom. The number of hydrogen-bond donors (Lipinski definition) is 1. The first-order valence-corrected chi connectivity index (χ1v) is 9.32. The van der Waals surface area contributed by atoms with E-state index in [1.54, 1.807) is 24.3 Å². The van der Waals surface area contributed by atoms with E-state index in [9.17, 15) is 14.4 Å². The van der Waals surface area contributed by atoms with E-state index in [2.05, 4.69) is 37.3 Å². The number of carbonyl (C=O) groups excluding carboxylic acids is 3. The summed E-state index contributed by atoms with van der Waals surface area (Å²) in [5.74, 6) is -2.07. The maximum Gasteiger partial charge on any atom is 0.271 e. The second kappa shape index (κ2) is 6.53. The number of imide groups is 1. The Morgan fingerprint density at radius 3 is 2.13 bits per heavy atom. The molecule has 0 radical (unpaired) electrons. The number of alkyl halides is 2. The van der Waals surface area contributed by atoms with Crippen molar-refractivity contribution in [1.82, 2.24) is 10.4 Å². The topological polar surface area (TPSA) is 66.5 Å². The Morgan fingerprint density at radius 2 is 1.61 bits per heavy atom. The summed E-state index contributed by atoms with van der Waals surface area (Å²) in [6, 6.07) is 6.48. The van der Waals surface area contributed by atoms with Gasteiger partial charge in [-0.05, 0) is 25.0 Å². The smallest absolute Gasteiger partial charge is 0.271 e. The summed E-state index contributed by atoms with van der Waals surface area (Å²) in [7, 11) is 0. The third-order valence-electron chi connectivity index (χ3n) is 4.24. The number of rotatable bonds is 2. The van der Waals surface area contributed by atoms with E-state index in [0.717, 1.165) is 5.01 Å². The van der Waals surface area contributed by atoms with Crippen LogP contribution in [0.2, 0.25) is 5.02 Å². The SMILES string of the molecule is O=C(NN1C(=O)[C@@H]2C[C@@H](Br)[C@@H](Br)C[C@H]2C1=O)c1ccccc1Cl. The van der Waals surface area contributed by atoms with Crippen molar-refractivity contribution in [3.05, 3.63) is 34.9 Å². The number of amides is 3. The third-order valence-corrected chi connectivity index (χ3v) is 7.31. The third kappa shape index (κ3) is 3.06. The lowest BCUT2D eigenvalue weighted by atomic mass is 9.81. The first-order chi connectivity index (χ1) is 10.9. The van der Waals surface area contributed by atoms with Crippen molar-refractivity contribution in [2.24, 2.45) is 11.8 Å². The molecule has 0 aromatic heterocycles. The zero-order chi connectivity index (χ0) is 16.7. The zero-order valence-electron chi connectivity index (χ0n) is 11.8. The Hall–Kier alpha value is -0.920. The number of carbonyl (C=O) groups is 3. The van der Waals surface area contributed by atoms with Crippen LogP contribution in [-0.2, 0) is 9.59 Å². The summed E-state index contributed by atoms with van der Waals surface area (Å²) >= 11 is 13.0. The lowest BCUT2D eigenvalue weighted by Crippen LogP contribution is -2.46. The molecule has 1 saturated heterocycles. The minimum absolute atomic E-state index is 0.125. The molecule has 1 saturated carbocycles. The molecule has 3 rings (SSSR count). The molecule has 1 aliphatic heterocycles. The second-order valence-electron chi connectivity index (χ2n) is 5.65. The van der Waals surface area contributed by atoms with Crippen LogP contribution in [0, 0.1) is 11.8 Å². The molecule has 122 valence electrons. The highest BCUT2D eigenvalue weighted by atomic mass is 79.9. The molecule has 1 aromatic carbocycles. The molecule has 2 fully saturated rings. The van der Waals surface area contributed by atoms with Gasteiger partial charge in [0.25, 0.3) is 17.7 Å². The van der Waals surface area contributed by atoms with Gasteiger partial charge in [-0.3, -0.25) is 19.8 Å². The number of benzene rings is 1. The Labute approximate surface area is 155 Å².